The van der Waals surface area contributed by atoms with E-state index in [9.17, 15) is 24.6 Å². The van der Waals surface area contributed by atoms with Crippen molar-refractivity contribution >= 4 is 58.1 Å². The van der Waals surface area contributed by atoms with Gasteiger partial charge in [-0.2, -0.15) is 0 Å². The topological polar surface area (TPSA) is 126 Å². The predicted molar refractivity (Wildman–Crippen MR) is 169 cm³/mol. The first-order valence-corrected chi connectivity index (χ1v) is 14.4. The first kappa shape index (κ1) is 30.4. The molecule has 1 heterocycles. The number of para-hydroxylation sites is 1. The third kappa shape index (κ3) is 7.11. The summed E-state index contributed by atoms with van der Waals surface area (Å²) in [4.78, 5) is 42.9. The van der Waals surface area contributed by atoms with Gasteiger partial charge in [0.25, 0.3) is 5.91 Å². The summed E-state index contributed by atoms with van der Waals surface area (Å²) in [5, 5.41) is 19.2. The highest BCUT2D eigenvalue weighted by Gasteiger charge is 2.33. The maximum Gasteiger partial charge on any atom is 0.335 e. The van der Waals surface area contributed by atoms with Crippen molar-refractivity contribution in [2.45, 2.75) is 13.2 Å². The number of carboxylic acids is 2. The largest absolute Gasteiger partial charge is 0.493 e. The van der Waals surface area contributed by atoms with E-state index in [4.69, 9.17) is 26.1 Å². The number of carbonyl (C=O) groups excluding carboxylic acids is 1. The number of nitrogens with zero attached hydrogens (tertiary/aromatic N) is 2. The van der Waals surface area contributed by atoms with Gasteiger partial charge in [0.1, 0.15) is 6.61 Å². The molecular formula is C33H25ClN2O7S. The van der Waals surface area contributed by atoms with Crippen LogP contribution in [0.4, 0.5) is 5.69 Å². The van der Waals surface area contributed by atoms with E-state index < -0.39 is 11.9 Å². The second-order valence-electron chi connectivity index (χ2n) is 9.56. The van der Waals surface area contributed by atoms with Gasteiger partial charge in [-0.3, -0.25) is 9.69 Å². The number of aliphatic imine (C=N–C) groups is 1. The van der Waals surface area contributed by atoms with Crippen LogP contribution >= 0.6 is 23.4 Å². The fourth-order valence-corrected chi connectivity index (χ4v) is 5.61. The van der Waals surface area contributed by atoms with Gasteiger partial charge in [-0.05, 0) is 83.1 Å². The lowest BCUT2D eigenvalue weighted by atomic mass is 10.1. The van der Waals surface area contributed by atoms with Gasteiger partial charge in [-0.25, -0.2) is 14.6 Å². The molecule has 5 rings (SSSR count). The number of amides is 1. The minimum absolute atomic E-state index is 0.0632. The van der Waals surface area contributed by atoms with Gasteiger partial charge in [0.15, 0.2) is 16.7 Å². The number of hydrogen-bond acceptors (Lipinski definition) is 7. The van der Waals surface area contributed by atoms with Crippen molar-refractivity contribution in [1.82, 2.24) is 4.90 Å². The molecule has 1 fully saturated rings. The fourth-order valence-electron chi connectivity index (χ4n) is 4.34. The molecule has 0 spiro atoms. The third-order valence-corrected chi connectivity index (χ3v) is 7.80. The molecule has 1 aliphatic heterocycles. The van der Waals surface area contributed by atoms with Crippen molar-refractivity contribution in [3.05, 3.63) is 129 Å². The second-order valence-corrected chi connectivity index (χ2v) is 11.0. The van der Waals surface area contributed by atoms with E-state index in [-0.39, 0.29) is 41.0 Å². The van der Waals surface area contributed by atoms with Crippen LogP contribution < -0.4 is 9.47 Å². The quantitative estimate of drug-likeness (QED) is 0.178. The summed E-state index contributed by atoms with van der Waals surface area (Å²) in [5.41, 5.74) is 2.95. The molecule has 1 aliphatic rings. The zero-order valence-corrected chi connectivity index (χ0v) is 24.8. The molecule has 9 nitrogen and oxygen atoms in total. The summed E-state index contributed by atoms with van der Waals surface area (Å²) in [5.74, 6) is -1.73. The number of rotatable bonds is 10. The van der Waals surface area contributed by atoms with Gasteiger partial charge in [-0.15, -0.1) is 0 Å². The number of carboxylic acid groups (broad SMARTS) is 2. The monoisotopic (exact) mass is 628 g/mol. The summed E-state index contributed by atoms with van der Waals surface area (Å²) < 4.78 is 11.4. The molecule has 2 N–H and O–H groups in total. The van der Waals surface area contributed by atoms with Crippen LogP contribution in [0.5, 0.6) is 11.5 Å². The number of ether oxygens (including phenoxy) is 2. The zero-order chi connectivity index (χ0) is 31.2. The highest BCUT2D eigenvalue weighted by atomic mass is 35.5. The highest BCUT2D eigenvalue weighted by molar-refractivity contribution is 8.18. The Kier molecular flexibility index (Phi) is 9.32. The Hall–Kier alpha value is -5.06. The molecule has 0 bridgehead atoms. The standard InChI is InChI=1S/C33H25ClN2O7S/c1-42-27-16-22(15-26(34)29(27)43-19-21-6-5-7-24(14-21)32(40)41)17-28-30(37)36(18-20-10-12-23(13-11-20)31(38)39)33(44-28)35-25-8-3-2-4-9-25/h2-17H,18-19H2,1H3,(H,38,39)(H,40,41)/b28-17-,35-33?. The number of benzene rings is 4. The van der Waals surface area contributed by atoms with E-state index in [1.54, 1.807) is 47.4 Å². The van der Waals surface area contributed by atoms with Gasteiger partial charge < -0.3 is 19.7 Å². The number of thioether (sulfide) groups is 1. The Morgan fingerprint density at radius 1 is 0.909 bits per heavy atom. The average molecular weight is 629 g/mol. The van der Waals surface area contributed by atoms with E-state index in [0.717, 1.165) is 5.56 Å². The molecule has 44 heavy (non-hydrogen) atoms. The minimum Gasteiger partial charge on any atom is -0.493 e. The smallest absolute Gasteiger partial charge is 0.335 e. The maximum absolute atomic E-state index is 13.7. The summed E-state index contributed by atoms with van der Waals surface area (Å²) in [6, 6.07) is 25.3. The van der Waals surface area contributed by atoms with Crippen LogP contribution in [0.1, 0.15) is 37.4 Å². The molecule has 0 radical (unpaired) electrons. The molecule has 0 saturated carbocycles. The lowest BCUT2D eigenvalue weighted by Crippen LogP contribution is -2.28. The highest BCUT2D eigenvalue weighted by Crippen LogP contribution is 2.40. The Bertz CT molecular complexity index is 1790. The van der Waals surface area contributed by atoms with E-state index in [1.165, 1.54) is 43.1 Å². The Balaban J connectivity index is 1.42. The van der Waals surface area contributed by atoms with Crippen molar-refractivity contribution < 1.29 is 34.1 Å². The van der Waals surface area contributed by atoms with Crippen LogP contribution in [-0.4, -0.2) is 45.2 Å². The van der Waals surface area contributed by atoms with Crippen LogP contribution in [0.15, 0.2) is 101 Å². The fraction of sp³-hybridized carbons (Fsp3) is 0.0909. The predicted octanol–water partition coefficient (Wildman–Crippen LogP) is 7.13. The molecule has 0 unspecified atom stereocenters. The summed E-state index contributed by atoms with van der Waals surface area (Å²) >= 11 is 7.80. The van der Waals surface area contributed by atoms with E-state index in [0.29, 0.717) is 32.6 Å². The first-order valence-electron chi connectivity index (χ1n) is 13.2. The van der Waals surface area contributed by atoms with Crippen molar-refractivity contribution in [1.29, 1.82) is 0 Å². The lowest BCUT2D eigenvalue weighted by Gasteiger charge is -2.16. The number of aromatic carboxylic acids is 2. The molecule has 0 atom stereocenters. The first-order chi connectivity index (χ1) is 21.2. The number of amidine groups is 1. The van der Waals surface area contributed by atoms with E-state index >= 15 is 0 Å². The SMILES string of the molecule is COc1cc(/C=C2\SC(=Nc3ccccc3)N(Cc3ccc(C(=O)O)cc3)C2=O)cc(Cl)c1OCc1cccc(C(=O)O)c1. The van der Waals surface area contributed by atoms with Crippen molar-refractivity contribution in [3.63, 3.8) is 0 Å². The maximum atomic E-state index is 13.7. The third-order valence-electron chi connectivity index (χ3n) is 6.52. The van der Waals surface area contributed by atoms with Crippen LogP contribution in [0.3, 0.4) is 0 Å². The molecular weight excluding hydrogens is 604 g/mol. The Labute approximate surface area is 262 Å². The van der Waals surface area contributed by atoms with Crippen LogP contribution in [0.2, 0.25) is 5.02 Å². The molecule has 11 heteroatoms. The normalized spacial score (nSPS) is 14.7. The van der Waals surface area contributed by atoms with Crippen LogP contribution in [0, 0.1) is 0 Å². The Morgan fingerprint density at radius 2 is 1.64 bits per heavy atom. The van der Waals surface area contributed by atoms with Gasteiger partial charge in [0.05, 0.1) is 40.4 Å². The number of methoxy groups -OCH3 is 1. The van der Waals surface area contributed by atoms with Crippen molar-refractivity contribution in [2.24, 2.45) is 4.99 Å². The molecule has 4 aromatic rings. The summed E-state index contributed by atoms with van der Waals surface area (Å²) in [6.07, 6.45) is 1.69. The van der Waals surface area contributed by atoms with Crippen LogP contribution in [-0.2, 0) is 17.9 Å². The molecule has 222 valence electrons. The van der Waals surface area contributed by atoms with Crippen molar-refractivity contribution in [2.75, 3.05) is 7.11 Å². The van der Waals surface area contributed by atoms with Crippen molar-refractivity contribution in [3.8, 4) is 11.5 Å². The number of halogens is 1. The van der Waals surface area contributed by atoms with Gasteiger partial charge in [0, 0.05) is 0 Å². The molecule has 0 aromatic heterocycles. The summed E-state index contributed by atoms with van der Waals surface area (Å²) in [6.45, 7) is 0.252. The number of carbonyl (C=O) groups is 3. The van der Waals surface area contributed by atoms with E-state index in [2.05, 4.69) is 0 Å². The van der Waals surface area contributed by atoms with E-state index in [1.807, 2.05) is 30.3 Å². The van der Waals surface area contributed by atoms with Gasteiger partial charge >= 0.3 is 11.9 Å². The minimum atomic E-state index is -1.04. The average Bonchev–Trinajstić information content (AvgIpc) is 3.29. The van der Waals surface area contributed by atoms with Crippen LogP contribution in [0.25, 0.3) is 6.08 Å². The van der Waals surface area contributed by atoms with Gasteiger partial charge in [0.2, 0.25) is 0 Å². The molecule has 0 aliphatic carbocycles. The molecule has 1 amide bonds. The molecule has 4 aromatic carbocycles. The van der Waals surface area contributed by atoms with Gasteiger partial charge in [-0.1, -0.05) is 54.1 Å². The summed E-state index contributed by atoms with van der Waals surface area (Å²) in [7, 11) is 1.47. The lowest BCUT2D eigenvalue weighted by molar-refractivity contribution is -0.122. The zero-order valence-electron chi connectivity index (χ0n) is 23.3. The molecule has 1 saturated heterocycles. The number of hydrogen-bond donors (Lipinski definition) is 2. The Morgan fingerprint density at radius 3 is 2.32 bits per heavy atom. The second kappa shape index (κ2) is 13.5.